The van der Waals surface area contributed by atoms with Gasteiger partial charge in [0.25, 0.3) is 0 Å². The van der Waals surface area contributed by atoms with Crippen molar-refractivity contribution in [2.75, 3.05) is 23.3 Å². The quantitative estimate of drug-likeness (QED) is 0.734. The number of hydrogen-bond donors (Lipinski definition) is 0. The minimum Gasteiger partial charge on any atom is -0.372 e. The monoisotopic (exact) mass is 269 g/mol. The van der Waals surface area contributed by atoms with E-state index in [-0.39, 0.29) is 0 Å². The van der Waals surface area contributed by atoms with Crippen LogP contribution in [0.15, 0.2) is 24.3 Å². The van der Waals surface area contributed by atoms with Crippen LogP contribution in [0.1, 0.15) is 19.4 Å². The Bertz CT molecular complexity index is 281. The normalized spacial score (nSPS) is 12.5. The van der Waals surface area contributed by atoms with Crippen LogP contribution in [0, 0.1) is 12.8 Å². The molecule has 0 aliphatic carbocycles. The summed E-state index contributed by atoms with van der Waals surface area (Å²) >= 11 is 3.53. The van der Waals surface area contributed by atoms with E-state index in [2.05, 4.69) is 65.9 Å². The van der Waals surface area contributed by atoms with Crippen LogP contribution in [-0.4, -0.2) is 18.4 Å². The van der Waals surface area contributed by atoms with Gasteiger partial charge in [0, 0.05) is 24.1 Å². The minimum atomic E-state index is 0.686. The van der Waals surface area contributed by atoms with Gasteiger partial charge in [0.1, 0.15) is 0 Å². The largest absolute Gasteiger partial charge is 0.372 e. The van der Waals surface area contributed by atoms with Gasteiger partial charge in [-0.15, -0.1) is 0 Å². The second-order valence-electron chi connectivity index (χ2n) is 4.13. The van der Waals surface area contributed by atoms with Crippen molar-refractivity contribution in [2.24, 2.45) is 5.92 Å². The van der Waals surface area contributed by atoms with Crippen LogP contribution in [0.25, 0.3) is 0 Å². The molecule has 0 aliphatic rings. The number of halogens is 1. The number of hydrogen-bond acceptors (Lipinski definition) is 1. The summed E-state index contributed by atoms with van der Waals surface area (Å²) in [7, 11) is 0. The first-order valence-electron chi connectivity index (χ1n) is 5.55. The predicted octanol–water partition coefficient (Wildman–Crippen LogP) is 3.85. The van der Waals surface area contributed by atoms with Gasteiger partial charge in [-0.25, -0.2) is 0 Å². The molecule has 0 amide bonds. The lowest BCUT2D eigenvalue weighted by molar-refractivity contribution is 0.631. The molecule has 0 N–H and O–H groups in total. The zero-order valence-electron chi connectivity index (χ0n) is 9.83. The van der Waals surface area contributed by atoms with Gasteiger partial charge in [-0.05, 0) is 31.9 Å². The van der Waals surface area contributed by atoms with Crippen LogP contribution >= 0.6 is 15.9 Å². The van der Waals surface area contributed by atoms with E-state index in [1.165, 1.54) is 11.3 Å². The molecule has 0 fully saturated rings. The Morgan fingerprint density at radius 2 is 1.87 bits per heavy atom. The standard InChI is InChI=1S/C13H20BrN/c1-4-15(10-12(3)9-14)13-7-5-11(2)6-8-13/h5-8,12H,4,9-10H2,1-3H3. The van der Waals surface area contributed by atoms with Gasteiger partial charge >= 0.3 is 0 Å². The Morgan fingerprint density at radius 3 is 2.33 bits per heavy atom. The maximum absolute atomic E-state index is 3.53. The molecule has 0 heterocycles. The molecule has 1 aromatic carbocycles. The molecule has 1 nitrogen and oxygen atoms in total. The van der Waals surface area contributed by atoms with Crippen molar-refractivity contribution in [3.63, 3.8) is 0 Å². The minimum absolute atomic E-state index is 0.686. The first kappa shape index (κ1) is 12.6. The van der Waals surface area contributed by atoms with Crippen molar-refractivity contribution in [1.82, 2.24) is 0 Å². The fraction of sp³-hybridized carbons (Fsp3) is 0.538. The Hall–Kier alpha value is -0.500. The summed E-state index contributed by atoms with van der Waals surface area (Å²) in [5, 5.41) is 1.06. The number of aryl methyl sites for hydroxylation is 1. The Labute approximate surface area is 102 Å². The van der Waals surface area contributed by atoms with Crippen LogP contribution < -0.4 is 4.90 Å². The fourth-order valence-corrected chi connectivity index (χ4v) is 1.80. The first-order chi connectivity index (χ1) is 7.17. The van der Waals surface area contributed by atoms with Crippen LogP contribution in [0.2, 0.25) is 0 Å². The zero-order chi connectivity index (χ0) is 11.3. The maximum atomic E-state index is 3.53. The second kappa shape index (κ2) is 6.16. The van der Waals surface area contributed by atoms with Gasteiger partial charge in [-0.1, -0.05) is 40.5 Å². The lowest BCUT2D eigenvalue weighted by atomic mass is 10.1. The molecule has 1 aromatic rings. The first-order valence-corrected chi connectivity index (χ1v) is 6.67. The second-order valence-corrected chi connectivity index (χ2v) is 4.78. The fourth-order valence-electron chi connectivity index (χ4n) is 1.60. The molecular weight excluding hydrogens is 250 g/mol. The zero-order valence-corrected chi connectivity index (χ0v) is 11.4. The van der Waals surface area contributed by atoms with Crippen molar-refractivity contribution in [2.45, 2.75) is 20.8 Å². The third-order valence-electron chi connectivity index (χ3n) is 2.58. The van der Waals surface area contributed by atoms with Gasteiger partial charge < -0.3 is 4.90 Å². The number of nitrogens with zero attached hydrogens (tertiary/aromatic N) is 1. The molecule has 0 saturated heterocycles. The molecule has 0 aromatic heterocycles. The lowest BCUT2D eigenvalue weighted by Crippen LogP contribution is -2.28. The van der Waals surface area contributed by atoms with E-state index < -0.39 is 0 Å². The highest BCUT2D eigenvalue weighted by molar-refractivity contribution is 9.09. The number of anilines is 1. The van der Waals surface area contributed by atoms with Crippen LogP contribution in [-0.2, 0) is 0 Å². The van der Waals surface area contributed by atoms with E-state index in [1.807, 2.05) is 0 Å². The summed E-state index contributed by atoms with van der Waals surface area (Å²) in [6.07, 6.45) is 0. The topological polar surface area (TPSA) is 3.24 Å². The van der Waals surface area contributed by atoms with Crippen molar-refractivity contribution in [1.29, 1.82) is 0 Å². The molecule has 1 rings (SSSR count). The van der Waals surface area contributed by atoms with Gasteiger partial charge in [-0.3, -0.25) is 0 Å². The Balaban J connectivity index is 2.69. The highest BCUT2D eigenvalue weighted by Crippen LogP contribution is 2.16. The van der Waals surface area contributed by atoms with Crippen LogP contribution in [0.3, 0.4) is 0 Å². The van der Waals surface area contributed by atoms with Gasteiger partial charge in [0.15, 0.2) is 0 Å². The van der Waals surface area contributed by atoms with E-state index in [0.717, 1.165) is 18.4 Å². The molecule has 0 bridgehead atoms. The Kier molecular flexibility index (Phi) is 5.16. The highest BCUT2D eigenvalue weighted by Gasteiger charge is 2.08. The molecule has 84 valence electrons. The van der Waals surface area contributed by atoms with Gasteiger partial charge in [0.2, 0.25) is 0 Å². The molecule has 0 radical (unpaired) electrons. The van der Waals surface area contributed by atoms with Crippen LogP contribution in [0.4, 0.5) is 5.69 Å². The molecule has 2 heteroatoms. The van der Waals surface area contributed by atoms with Crippen molar-refractivity contribution < 1.29 is 0 Å². The average Bonchev–Trinajstić information content (AvgIpc) is 2.27. The summed E-state index contributed by atoms with van der Waals surface area (Å²) in [5.74, 6) is 0.686. The summed E-state index contributed by atoms with van der Waals surface area (Å²) in [4.78, 5) is 2.42. The maximum Gasteiger partial charge on any atom is 0.0366 e. The Morgan fingerprint density at radius 1 is 1.27 bits per heavy atom. The molecule has 0 spiro atoms. The molecule has 1 atom stereocenters. The van der Waals surface area contributed by atoms with E-state index in [0.29, 0.717) is 5.92 Å². The SMILES string of the molecule is CCN(CC(C)CBr)c1ccc(C)cc1. The van der Waals surface area contributed by atoms with E-state index >= 15 is 0 Å². The lowest BCUT2D eigenvalue weighted by Gasteiger charge is -2.26. The molecule has 1 unspecified atom stereocenters. The average molecular weight is 270 g/mol. The van der Waals surface area contributed by atoms with E-state index in [1.54, 1.807) is 0 Å². The molecular formula is C13H20BrN. The third kappa shape index (κ3) is 3.86. The third-order valence-corrected chi connectivity index (χ3v) is 3.68. The summed E-state index contributed by atoms with van der Waals surface area (Å²) in [5.41, 5.74) is 2.65. The van der Waals surface area contributed by atoms with E-state index in [9.17, 15) is 0 Å². The van der Waals surface area contributed by atoms with Crippen molar-refractivity contribution in [3.05, 3.63) is 29.8 Å². The number of rotatable bonds is 5. The van der Waals surface area contributed by atoms with Crippen molar-refractivity contribution >= 4 is 21.6 Å². The highest BCUT2D eigenvalue weighted by atomic mass is 79.9. The molecule has 15 heavy (non-hydrogen) atoms. The summed E-state index contributed by atoms with van der Waals surface area (Å²) in [6.45, 7) is 8.79. The number of benzene rings is 1. The van der Waals surface area contributed by atoms with E-state index in [4.69, 9.17) is 0 Å². The summed E-state index contributed by atoms with van der Waals surface area (Å²) in [6, 6.07) is 8.77. The molecule has 0 aliphatic heterocycles. The smallest absolute Gasteiger partial charge is 0.0366 e. The van der Waals surface area contributed by atoms with Gasteiger partial charge in [-0.2, -0.15) is 0 Å². The van der Waals surface area contributed by atoms with Crippen LogP contribution in [0.5, 0.6) is 0 Å². The van der Waals surface area contributed by atoms with Crippen molar-refractivity contribution in [3.8, 4) is 0 Å². The van der Waals surface area contributed by atoms with Gasteiger partial charge in [0.05, 0.1) is 0 Å². The molecule has 0 saturated carbocycles. The summed E-state index contributed by atoms with van der Waals surface area (Å²) < 4.78 is 0. The predicted molar refractivity (Wildman–Crippen MR) is 72.0 cm³/mol. The number of alkyl halides is 1.